The van der Waals surface area contributed by atoms with Crippen LogP contribution in [0, 0.1) is 12.8 Å². The highest BCUT2D eigenvalue weighted by molar-refractivity contribution is 5.38. The highest BCUT2D eigenvalue weighted by Crippen LogP contribution is 2.27. The van der Waals surface area contributed by atoms with Crippen LogP contribution in [0.15, 0.2) is 18.2 Å². The van der Waals surface area contributed by atoms with Crippen molar-refractivity contribution in [1.29, 1.82) is 0 Å². The van der Waals surface area contributed by atoms with Crippen LogP contribution in [0.5, 0.6) is 5.75 Å². The fourth-order valence-corrected chi connectivity index (χ4v) is 2.03. The van der Waals surface area contributed by atoms with Crippen molar-refractivity contribution in [3.63, 3.8) is 0 Å². The SMILES string of the molecule is CCC(CC)COc1ccc(C)cc1C(C)NC. The molecule has 0 fully saturated rings. The van der Waals surface area contributed by atoms with Crippen LogP contribution >= 0.6 is 0 Å². The average Bonchev–Trinajstić information content (AvgIpc) is 2.40. The Balaban J connectivity index is 2.81. The van der Waals surface area contributed by atoms with Gasteiger partial charge in [-0.3, -0.25) is 0 Å². The number of rotatable bonds is 7. The van der Waals surface area contributed by atoms with Gasteiger partial charge in [0.05, 0.1) is 6.61 Å². The van der Waals surface area contributed by atoms with Crippen molar-refractivity contribution >= 4 is 0 Å². The third-order valence-corrected chi connectivity index (χ3v) is 3.69. The zero-order valence-electron chi connectivity index (χ0n) is 12.4. The summed E-state index contributed by atoms with van der Waals surface area (Å²) in [5.74, 6) is 1.68. The first-order valence-corrected chi connectivity index (χ1v) is 7.02. The van der Waals surface area contributed by atoms with E-state index in [0.29, 0.717) is 12.0 Å². The van der Waals surface area contributed by atoms with Gasteiger partial charge in [-0.1, -0.05) is 44.4 Å². The lowest BCUT2D eigenvalue weighted by Gasteiger charge is -2.19. The lowest BCUT2D eigenvalue weighted by atomic mass is 10.0. The summed E-state index contributed by atoms with van der Waals surface area (Å²) in [6.07, 6.45) is 2.36. The lowest BCUT2D eigenvalue weighted by molar-refractivity contribution is 0.237. The maximum atomic E-state index is 6.02. The molecule has 2 heteroatoms. The van der Waals surface area contributed by atoms with E-state index in [0.717, 1.165) is 12.4 Å². The van der Waals surface area contributed by atoms with Gasteiger partial charge in [0.1, 0.15) is 5.75 Å². The fraction of sp³-hybridized carbons (Fsp3) is 0.625. The first kappa shape index (κ1) is 15.0. The van der Waals surface area contributed by atoms with Gasteiger partial charge in [-0.25, -0.2) is 0 Å². The van der Waals surface area contributed by atoms with Crippen LogP contribution in [0.2, 0.25) is 0 Å². The van der Waals surface area contributed by atoms with Gasteiger partial charge in [0.2, 0.25) is 0 Å². The van der Waals surface area contributed by atoms with Crippen molar-refractivity contribution in [3.8, 4) is 5.75 Å². The summed E-state index contributed by atoms with van der Waals surface area (Å²) >= 11 is 0. The Morgan fingerprint density at radius 2 is 1.89 bits per heavy atom. The first-order valence-electron chi connectivity index (χ1n) is 7.02. The standard InChI is InChI=1S/C16H27NO/c1-6-14(7-2)11-18-16-9-8-12(3)10-15(16)13(4)17-5/h8-10,13-14,17H,6-7,11H2,1-5H3. The second-order valence-electron chi connectivity index (χ2n) is 5.05. The smallest absolute Gasteiger partial charge is 0.124 e. The zero-order chi connectivity index (χ0) is 13.5. The number of hydrogen-bond donors (Lipinski definition) is 1. The molecular formula is C16H27NO. The largest absolute Gasteiger partial charge is 0.493 e. The Morgan fingerprint density at radius 3 is 2.44 bits per heavy atom. The van der Waals surface area contributed by atoms with Crippen molar-refractivity contribution in [2.45, 2.75) is 46.6 Å². The molecule has 1 rings (SSSR count). The van der Waals surface area contributed by atoms with Gasteiger partial charge in [0, 0.05) is 11.6 Å². The molecule has 0 aliphatic rings. The highest BCUT2D eigenvalue weighted by Gasteiger charge is 2.12. The minimum absolute atomic E-state index is 0.321. The Bertz CT molecular complexity index is 358. The molecule has 0 amide bonds. The first-order chi connectivity index (χ1) is 8.62. The monoisotopic (exact) mass is 249 g/mol. The van der Waals surface area contributed by atoms with E-state index in [-0.39, 0.29) is 0 Å². The Kier molecular flexibility index (Phi) is 6.20. The molecule has 1 aromatic rings. The van der Waals surface area contributed by atoms with Crippen molar-refractivity contribution in [1.82, 2.24) is 5.32 Å². The third kappa shape index (κ3) is 4.02. The predicted octanol–water partition coefficient (Wildman–Crippen LogP) is 4.09. The molecule has 1 N–H and O–H groups in total. The quantitative estimate of drug-likeness (QED) is 0.786. The molecule has 0 bridgehead atoms. The normalized spacial score (nSPS) is 12.8. The highest BCUT2D eigenvalue weighted by atomic mass is 16.5. The van der Waals surface area contributed by atoms with Crippen molar-refractivity contribution in [2.24, 2.45) is 5.92 Å². The molecule has 2 nitrogen and oxygen atoms in total. The summed E-state index contributed by atoms with van der Waals surface area (Å²) in [7, 11) is 1.98. The van der Waals surface area contributed by atoms with Crippen molar-refractivity contribution < 1.29 is 4.74 Å². The molecule has 0 heterocycles. The van der Waals surface area contributed by atoms with Gasteiger partial charge in [0.25, 0.3) is 0 Å². The summed E-state index contributed by atoms with van der Waals surface area (Å²) in [4.78, 5) is 0. The molecule has 0 saturated heterocycles. The minimum Gasteiger partial charge on any atom is -0.493 e. The van der Waals surface area contributed by atoms with Crippen molar-refractivity contribution in [3.05, 3.63) is 29.3 Å². The number of hydrogen-bond acceptors (Lipinski definition) is 2. The van der Waals surface area contributed by atoms with E-state index in [1.807, 2.05) is 7.05 Å². The number of nitrogens with one attached hydrogen (secondary N) is 1. The molecule has 102 valence electrons. The van der Waals surface area contributed by atoms with E-state index in [1.54, 1.807) is 0 Å². The third-order valence-electron chi connectivity index (χ3n) is 3.69. The van der Waals surface area contributed by atoms with E-state index >= 15 is 0 Å². The maximum absolute atomic E-state index is 6.02. The van der Waals surface area contributed by atoms with Gasteiger partial charge in [-0.15, -0.1) is 0 Å². The summed E-state index contributed by atoms with van der Waals surface area (Å²) < 4.78 is 6.02. The second kappa shape index (κ2) is 7.42. The molecule has 0 aliphatic carbocycles. The van der Waals surface area contributed by atoms with Crippen LogP contribution < -0.4 is 10.1 Å². The van der Waals surface area contributed by atoms with Crippen LogP contribution in [0.4, 0.5) is 0 Å². The Morgan fingerprint density at radius 1 is 1.22 bits per heavy atom. The number of ether oxygens (including phenoxy) is 1. The van der Waals surface area contributed by atoms with Gasteiger partial charge >= 0.3 is 0 Å². The second-order valence-corrected chi connectivity index (χ2v) is 5.05. The molecule has 18 heavy (non-hydrogen) atoms. The maximum Gasteiger partial charge on any atom is 0.124 e. The Labute approximate surface area is 112 Å². The molecule has 0 spiro atoms. The predicted molar refractivity (Wildman–Crippen MR) is 78.2 cm³/mol. The average molecular weight is 249 g/mol. The van der Waals surface area contributed by atoms with Gasteiger partial charge in [0.15, 0.2) is 0 Å². The van der Waals surface area contributed by atoms with E-state index in [9.17, 15) is 0 Å². The van der Waals surface area contributed by atoms with Gasteiger partial charge in [-0.2, -0.15) is 0 Å². The topological polar surface area (TPSA) is 21.3 Å². The van der Waals surface area contributed by atoms with Crippen LogP contribution in [-0.2, 0) is 0 Å². The van der Waals surface area contributed by atoms with E-state index in [4.69, 9.17) is 4.74 Å². The number of aryl methyl sites for hydroxylation is 1. The van der Waals surface area contributed by atoms with Crippen LogP contribution in [0.3, 0.4) is 0 Å². The molecule has 0 aromatic heterocycles. The van der Waals surface area contributed by atoms with Crippen molar-refractivity contribution in [2.75, 3.05) is 13.7 Å². The fourth-order valence-electron chi connectivity index (χ4n) is 2.03. The zero-order valence-corrected chi connectivity index (χ0v) is 12.4. The summed E-state index contributed by atoms with van der Waals surface area (Å²) in [6, 6.07) is 6.75. The van der Waals surface area contributed by atoms with Crippen LogP contribution in [0.1, 0.15) is 50.8 Å². The van der Waals surface area contributed by atoms with Gasteiger partial charge in [-0.05, 0) is 32.9 Å². The van der Waals surface area contributed by atoms with Gasteiger partial charge < -0.3 is 10.1 Å². The van der Waals surface area contributed by atoms with E-state index in [2.05, 4.69) is 51.2 Å². The molecule has 1 atom stereocenters. The minimum atomic E-state index is 0.321. The molecule has 0 saturated carbocycles. The lowest BCUT2D eigenvalue weighted by Crippen LogP contribution is -2.16. The van der Waals surface area contributed by atoms with Crippen LogP contribution in [-0.4, -0.2) is 13.7 Å². The summed E-state index contributed by atoms with van der Waals surface area (Å²) in [6.45, 7) is 9.56. The molecular weight excluding hydrogens is 222 g/mol. The van der Waals surface area contributed by atoms with Crippen LogP contribution in [0.25, 0.3) is 0 Å². The van der Waals surface area contributed by atoms with E-state index < -0.39 is 0 Å². The molecule has 0 aliphatic heterocycles. The molecule has 1 aromatic carbocycles. The number of benzene rings is 1. The Hall–Kier alpha value is -1.02. The molecule has 0 radical (unpaired) electrons. The van der Waals surface area contributed by atoms with E-state index in [1.165, 1.54) is 24.0 Å². The summed E-state index contributed by atoms with van der Waals surface area (Å²) in [5, 5.41) is 3.28. The molecule has 1 unspecified atom stereocenters. The summed E-state index contributed by atoms with van der Waals surface area (Å²) in [5.41, 5.74) is 2.53.